The molecule has 0 spiro atoms. The van der Waals surface area contributed by atoms with Crippen LogP contribution in [-0.4, -0.2) is 25.2 Å². The maximum atomic E-state index is 13.2. The van der Waals surface area contributed by atoms with Gasteiger partial charge in [-0.3, -0.25) is 4.79 Å². The lowest BCUT2D eigenvalue weighted by Gasteiger charge is -2.24. The molecule has 2 aromatic rings. The largest absolute Gasteiger partial charge is 0.326 e. The third-order valence-electron chi connectivity index (χ3n) is 4.52. The molecule has 138 valence electrons. The minimum Gasteiger partial charge on any atom is -0.326 e. The van der Waals surface area contributed by atoms with E-state index in [1.807, 2.05) is 0 Å². The van der Waals surface area contributed by atoms with Gasteiger partial charge in [0.25, 0.3) is 0 Å². The van der Waals surface area contributed by atoms with Crippen molar-refractivity contribution in [2.45, 2.75) is 37.1 Å². The standard InChI is InChI=1S/C19H21FN2O3S/c1-2-19(23)21-16-9-11-17(12-10-16)26(24,25)22-13-3-4-18(22)14-5-7-15(20)8-6-14/h5-12,18H,2-4,13H2,1H3,(H,21,23)/t18-/m1/s1. The summed E-state index contributed by atoms with van der Waals surface area (Å²) in [4.78, 5) is 11.6. The number of benzene rings is 2. The summed E-state index contributed by atoms with van der Waals surface area (Å²) in [6.45, 7) is 2.18. The molecule has 1 atom stereocenters. The van der Waals surface area contributed by atoms with Crippen LogP contribution in [-0.2, 0) is 14.8 Å². The highest BCUT2D eigenvalue weighted by atomic mass is 32.2. The molecule has 5 nitrogen and oxygen atoms in total. The lowest BCUT2D eigenvalue weighted by atomic mass is 10.1. The van der Waals surface area contributed by atoms with Crippen molar-refractivity contribution < 1.29 is 17.6 Å². The number of carbonyl (C=O) groups is 1. The Bertz CT molecular complexity index is 880. The van der Waals surface area contributed by atoms with E-state index in [0.29, 0.717) is 25.1 Å². The van der Waals surface area contributed by atoms with Gasteiger partial charge in [0.15, 0.2) is 0 Å². The molecule has 26 heavy (non-hydrogen) atoms. The Morgan fingerprint density at radius 1 is 1.15 bits per heavy atom. The molecule has 2 aromatic carbocycles. The third kappa shape index (κ3) is 3.78. The summed E-state index contributed by atoms with van der Waals surface area (Å²) >= 11 is 0. The molecule has 1 aliphatic rings. The van der Waals surface area contributed by atoms with Gasteiger partial charge in [-0.2, -0.15) is 4.31 Å². The molecule has 0 bridgehead atoms. The van der Waals surface area contributed by atoms with Gasteiger partial charge in [-0.05, 0) is 54.8 Å². The number of hydrogen-bond donors (Lipinski definition) is 1. The first-order valence-electron chi connectivity index (χ1n) is 8.59. The fourth-order valence-corrected chi connectivity index (χ4v) is 4.82. The summed E-state index contributed by atoms with van der Waals surface area (Å²) < 4.78 is 40.7. The molecule has 1 N–H and O–H groups in total. The highest BCUT2D eigenvalue weighted by molar-refractivity contribution is 7.89. The summed E-state index contributed by atoms with van der Waals surface area (Å²) in [5.41, 5.74) is 1.35. The first-order valence-corrected chi connectivity index (χ1v) is 10.0. The van der Waals surface area contributed by atoms with E-state index in [0.717, 1.165) is 12.0 Å². The highest BCUT2D eigenvalue weighted by Crippen LogP contribution is 2.36. The number of nitrogens with zero attached hydrogens (tertiary/aromatic N) is 1. The van der Waals surface area contributed by atoms with Crippen molar-refractivity contribution in [3.63, 3.8) is 0 Å². The van der Waals surface area contributed by atoms with Crippen LogP contribution < -0.4 is 5.32 Å². The topological polar surface area (TPSA) is 66.5 Å². The first kappa shape index (κ1) is 18.5. The smallest absolute Gasteiger partial charge is 0.243 e. The van der Waals surface area contributed by atoms with Gasteiger partial charge >= 0.3 is 0 Å². The second-order valence-corrected chi connectivity index (χ2v) is 8.14. The fourth-order valence-electron chi connectivity index (χ4n) is 3.14. The summed E-state index contributed by atoms with van der Waals surface area (Å²) in [6.07, 6.45) is 1.81. The fraction of sp³-hybridized carbons (Fsp3) is 0.316. The number of sulfonamides is 1. The Hall–Kier alpha value is -2.25. The summed E-state index contributed by atoms with van der Waals surface area (Å²) in [5.74, 6) is -0.470. The number of anilines is 1. The molecule has 1 amide bonds. The highest BCUT2D eigenvalue weighted by Gasteiger charge is 2.36. The number of hydrogen-bond acceptors (Lipinski definition) is 3. The van der Waals surface area contributed by atoms with E-state index in [-0.39, 0.29) is 22.7 Å². The van der Waals surface area contributed by atoms with Crippen molar-refractivity contribution in [3.8, 4) is 0 Å². The zero-order chi connectivity index (χ0) is 18.7. The number of halogens is 1. The monoisotopic (exact) mass is 376 g/mol. The molecule has 0 unspecified atom stereocenters. The predicted molar refractivity (Wildman–Crippen MR) is 97.6 cm³/mol. The van der Waals surface area contributed by atoms with E-state index in [9.17, 15) is 17.6 Å². The van der Waals surface area contributed by atoms with Crippen LogP contribution in [0.4, 0.5) is 10.1 Å². The molecule has 7 heteroatoms. The van der Waals surface area contributed by atoms with Gasteiger partial charge in [0.2, 0.25) is 15.9 Å². The Morgan fingerprint density at radius 3 is 2.42 bits per heavy atom. The average molecular weight is 376 g/mol. The van der Waals surface area contributed by atoms with E-state index in [2.05, 4.69) is 5.32 Å². The number of rotatable bonds is 5. The third-order valence-corrected chi connectivity index (χ3v) is 6.45. The molecule has 1 saturated heterocycles. The van der Waals surface area contributed by atoms with Gasteiger partial charge in [0, 0.05) is 18.7 Å². The van der Waals surface area contributed by atoms with Crippen molar-refractivity contribution in [2.75, 3.05) is 11.9 Å². The number of amides is 1. The van der Waals surface area contributed by atoms with Crippen LogP contribution in [0.15, 0.2) is 53.4 Å². The van der Waals surface area contributed by atoms with Crippen LogP contribution in [0.1, 0.15) is 37.8 Å². The molecule has 0 aliphatic carbocycles. The number of carbonyl (C=O) groups excluding carboxylic acids is 1. The molecule has 1 heterocycles. The van der Waals surface area contributed by atoms with E-state index in [1.165, 1.54) is 28.6 Å². The quantitative estimate of drug-likeness (QED) is 0.865. The van der Waals surface area contributed by atoms with Gasteiger partial charge in [-0.15, -0.1) is 0 Å². The van der Waals surface area contributed by atoms with Crippen LogP contribution in [0.5, 0.6) is 0 Å². The van der Waals surface area contributed by atoms with Crippen LogP contribution >= 0.6 is 0 Å². The van der Waals surface area contributed by atoms with E-state index in [4.69, 9.17) is 0 Å². The molecule has 0 radical (unpaired) electrons. The van der Waals surface area contributed by atoms with Gasteiger partial charge in [0.1, 0.15) is 5.82 Å². The molecular weight excluding hydrogens is 355 g/mol. The molecule has 1 aliphatic heterocycles. The van der Waals surface area contributed by atoms with Gasteiger partial charge in [0.05, 0.1) is 10.9 Å². The average Bonchev–Trinajstić information content (AvgIpc) is 3.13. The van der Waals surface area contributed by atoms with Gasteiger partial charge < -0.3 is 5.32 Å². The Balaban J connectivity index is 1.84. The summed E-state index contributed by atoms with van der Waals surface area (Å²) in [7, 11) is -3.67. The van der Waals surface area contributed by atoms with E-state index < -0.39 is 10.0 Å². The second kappa shape index (κ2) is 7.55. The molecule has 0 saturated carbocycles. The molecular formula is C19H21FN2O3S. The SMILES string of the molecule is CCC(=O)Nc1ccc(S(=O)(=O)N2CCC[C@@H]2c2ccc(F)cc2)cc1. The van der Waals surface area contributed by atoms with Crippen molar-refractivity contribution >= 4 is 21.6 Å². The lowest BCUT2D eigenvalue weighted by Crippen LogP contribution is -2.30. The van der Waals surface area contributed by atoms with Crippen molar-refractivity contribution in [1.82, 2.24) is 4.31 Å². The number of nitrogens with one attached hydrogen (secondary N) is 1. The van der Waals surface area contributed by atoms with Crippen molar-refractivity contribution in [1.29, 1.82) is 0 Å². The summed E-state index contributed by atoms with van der Waals surface area (Å²) in [5, 5.41) is 2.70. The lowest BCUT2D eigenvalue weighted by molar-refractivity contribution is -0.115. The molecule has 3 rings (SSSR count). The first-order chi connectivity index (χ1) is 12.4. The Labute approximate surface area is 152 Å². The van der Waals surface area contributed by atoms with Crippen molar-refractivity contribution in [2.24, 2.45) is 0 Å². The molecule has 0 aromatic heterocycles. The maximum Gasteiger partial charge on any atom is 0.243 e. The van der Waals surface area contributed by atoms with E-state index in [1.54, 1.807) is 31.2 Å². The van der Waals surface area contributed by atoms with Crippen LogP contribution in [0.2, 0.25) is 0 Å². The zero-order valence-corrected chi connectivity index (χ0v) is 15.3. The van der Waals surface area contributed by atoms with Crippen LogP contribution in [0, 0.1) is 5.82 Å². The zero-order valence-electron chi connectivity index (χ0n) is 14.5. The minimum absolute atomic E-state index is 0.128. The van der Waals surface area contributed by atoms with Crippen LogP contribution in [0.3, 0.4) is 0 Å². The second-order valence-electron chi connectivity index (χ2n) is 6.25. The van der Waals surface area contributed by atoms with Crippen molar-refractivity contribution in [3.05, 3.63) is 59.9 Å². The van der Waals surface area contributed by atoms with Gasteiger partial charge in [-0.1, -0.05) is 19.1 Å². The molecule has 1 fully saturated rings. The Morgan fingerprint density at radius 2 is 1.81 bits per heavy atom. The van der Waals surface area contributed by atoms with Crippen LogP contribution in [0.25, 0.3) is 0 Å². The summed E-state index contributed by atoms with van der Waals surface area (Å²) in [6, 6.07) is 11.9. The normalized spacial score (nSPS) is 18.0. The van der Waals surface area contributed by atoms with Gasteiger partial charge in [-0.25, -0.2) is 12.8 Å². The minimum atomic E-state index is -3.67. The Kier molecular flexibility index (Phi) is 5.38. The van der Waals surface area contributed by atoms with E-state index >= 15 is 0 Å². The maximum absolute atomic E-state index is 13.2. The predicted octanol–water partition coefficient (Wildman–Crippen LogP) is 3.70.